The van der Waals surface area contributed by atoms with E-state index in [-0.39, 0.29) is 12.5 Å². The molecule has 0 bridgehead atoms. The minimum Gasteiger partial charge on any atom is -0.340 e. The highest BCUT2D eigenvalue weighted by Gasteiger charge is 2.19. The molecular weight excluding hydrogens is 402 g/mol. The molecule has 0 saturated carbocycles. The van der Waals surface area contributed by atoms with Gasteiger partial charge in [-0.25, -0.2) is 9.97 Å². The van der Waals surface area contributed by atoms with Crippen LogP contribution in [0.1, 0.15) is 11.1 Å². The van der Waals surface area contributed by atoms with Crippen molar-refractivity contribution in [1.82, 2.24) is 24.8 Å². The summed E-state index contributed by atoms with van der Waals surface area (Å²) >= 11 is 0. The molecule has 1 aliphatic heterocycles. The third-order valence-electron chi connectivity index (χ3n) is 5.73. The van der Waals surface area contributed by atoms with Crippen LogP contribution in [0.5, 0.6) is 0 Å². The maximum Gasteiger partial charge on any atom is 0.236 e. The maximum absolute atomic E-state index is 11.7. The van der Waals surface area contributed by atoms with E-state index in [0.29, 0.717) is 6.54 Å². The summed E-state index contributed by atoms with van der Waals surface area (Å²) in [6, 6.07) is 12.2. The number of nitrogens with zero attached hydrogens (tertiary/aromatic N) is 6. The largest absolute Gasteiger partial charge is 0.340 e. The van der Waals surface area contributed by atoms with Crippen molar-refractivity contribution >= 4 is 11.9 Å². The highest BCUT2D eigenvalue weighted by molar-refractivity contribution is 5.77. The van der Waals surface area contributed by atoms with E-state index in [1.54, 1.807) is 11.9 Å². The lowest BCUT2D eigenvalue weighted by Gasteiger charge is -2.34. The highest BCUT2D eigenvalue weighted by Crippen LogP contribution is 2.21. The van der Waals surface area contributed by atoms with E-state index in [1.807, 2.05) is 43.0 Å². The number of pyridine rings is 1. The summed E-state index contributed by atoms with van der Waals surface area (Å²) < 4.78 is 0. The Morgan fingerprint density at radius 3 is 2.41 bits per heavy atom. The Balaban J connectivity index is 1.35. The van der Waals surface area contributed by atoms with E-state index in [0.717, 1.165) is 55.4 Å². The average Bonchev–Trinajstić information content (AvgIpc) is 2.85. The van der Waals surface area contributed by atoms with E-state index in [1.165, 1.54) is 5.56 Å². The van der Waals surface area contributed by atoms with Gasteiger partial charge in [-0.05, 0) is 34.9 Å². The first-order valence-corrected chi connectivity index (χ1v) is 10.8. The molecule has 2 N–H and O–H groups in total. The zero-order valence-corrected chi connectivity index (χ0v) is 18.4. The first kappa shape index (κ1) is 21.9. The molecule has 1 aromatic carbocycles. The minimum absolute atomic E-state index is 0.0173. The van der Waals surface area contributed by atoms with E-state index < -0.39 is 0 Å². The molecule has 1 amide bonds. The van der Waals surface area contributed by atoms with Crippen LogP contribution in [0.2, 0.25) is 0 Å². The second-order valence-corrected chi connectivity index (χ2v) is 8.04. The summed E-state index contributed by atoms with van der Waals surface area (Å²) in [6.45, 7) is 5.24. The van der Waals surface area contributed by atoms with Crippen LogP contribution in [-0.2, 0) is 17.9 Å². The minimum atomic E-state index is -0.0797. The van der Waals surface area contributed by atoms with Gasteiger partial charge in [-0.1, -0.05) is 18.2 Å². The second-order valence-electron chi connectivity index (χ2n) is 8.04. The molecular formula is C24H29N7O. The van der Waals surface area contributed by atoms with Crippen molar-refractivity contribution in [3.8, 4) is 11.1 Å². The monoisotopic (exact) mass is 431 g/mol. The van der Waals surface area contributed by atoms with E-state index in [9.17, 15) is 4.79 Å². The number of carbonyl (C=O) groups is 1. The summed E-state index contributed by atoms with van der Waals surface area (Å²) in [6.07, 6.45) is 7.43. The van der Waals surface area contributed by atoms with Gasteiger partial charge in [0.2, 0.25) is 11.9 Å². The molecule has 8 heteroatoms. The van der Waals surface area contributed by atoms with E-state index in [2.05, 4.69) is 43.0 Å². The Labute approximate surface area is 188 Å². The number of anilines is 1. The van der Waals surface area contributed by atoms with Gasteiger partial charge in [0.05, 0.1) is 6.54 Å². The van der Waals surface area contributed by atoms with Crippen molar-refractivity contribution in [1.29, 1.82) is 0 Å². The van der Waals surface area contributed by atoms with E-state index >= 15 is 0 Å². The summed E-state index contributed by atoms with van der Waals surface area (Å²) in [4.78, 5) is 31.4. The van der Waals surface area contributed by atoms with Gasteiger partial charge in [-0.2, -0.15) is 0 Å². The molecule has 0 aliphatic carbocycles. The molecule has 32 heavy (non-hydrogen) atoms. The van der Waals surface area contributed by atoms with Crippen molar-refractivity contribution in [3.63, 3.8) is 0 Å². The molecule has 166 valence electrons. The number of likely N-dealkylation sites (N-methyl/N-ethyl adjacent to an activating group) is 1. The molecule has 1 saturated heterocycles. The number of hydrogen-bond donors (Lipinski definition) is 1. The number of nitrogens with two attached hydrogens (primary N) is 1. The Morgan fingerprint density at radius 2 is 1.72 bits per heavy atom. The van der Waals surface area contributed by atoms with Crippen molar-refractivity contribution in [2.75, 3.05) is 44.7 Å². The highest BCUT2D eigenvalue weighted by atomic mass is 16.2. The Morgan fingerprint density at radius 1 is 1.00 bits per heavy atom. The fraction of sp³-hybridized carbons (Fsp3) is 0.333. The van der Waals surface area contributed by atoms with Crippen LogP contribution in [0.3, 0.4) is 0 Å². The number of rotatable bonds is 7. The van der Waals surface area contributed by atoms with Crippen molar-refractivity contribution in [3.05, 3.63) is 72.3 Å². The molecule has 3 aromatic rings. The first-order chi connectivity index (χ1) is 15.6. The van der Waals surface area contributed by atoms with Gasteiger partial charge >= 0.3 is 0 Å². The maximum atomic E-state index is 11.7. The predicted molar refractivity (Wildman–Crippen MR) is 125 cm³/mol. The smallest absolute Gasteiger partial charge is 0.236 e. The molecule has 8 nitrogen and oxygen atoms in total. The van der Waals surface area contributed by atoms with Crippen LogP contribution in [0.15, 0.2) is 61.2 Å². The van der Waals surface area contributed by atoms with Gasteiger partial charge in [0.15, 0.2) is 0 Å². The zero-order valence-electron chi connectivity index (χ0n) is 18.4. The lowest BCUT2D eigenvalue weighted by molar-refractivity contribution is -0.128. The van der Waals surface area contributed by atoms with Crippen LogP contribution < -0.4 is 10.6 Å². The van der Waals surface area contributed by atoms with Gasteiger partial charge in [0.1, 0.15) is 0 Å². The van der Waals surface area contributed by atoms with Crippen molar-refractivity contribution in [2.24, 2.45) is 5.73 Å². The standard InChI is InChI=1S/C24H29N7O/c1-29(23(32)14-25)17-20-3-2-4-21(13-20)22-15-27-24(28-16-22)31-11-9-30(10-12-31)18-19-5-7-26-8-6-19/h2-8,13,15-16H,9-12,14,17-18,25H2,1H3. The normalized spacial score (nSPS) is 14.4. The molecule has 1 fully saturated rings. The lowest BCUT2D eigenvalue weighted by atomic mass is 10.1. The third-order valence-corrected chi connectivity index (χ3v) is 5.73. The van der Waals surface area contributed by atoms with Gasteiger partial charge < -0.3 is 15.5 Å². The quantitative estimate of drug-likeness (QED) is 0.610. The fourth-order valence-electron chi connectivity index (χ4n) is 3.85. The Kier molecular flexibility index (Phi) is 7.03. The van der Waals surface area contributed by atoms with Crippen LogP contribution in [0, 0.1) is 0 Å². The Hall–Kier alpha value is -3.36. The van der Waals surface area contributed by atoms with Gasteiger partial charge in [-0.15, -0.1) is 0 Å². The van der Waals surface area contributed by atoms with Gasteiger partial charge in [-0.3, -0.25) is 14.7 Å². The van der Waals surface area contributed by atoms with Gasteiger partial charge in [0, 0.05) is 76.7 Å². The number of aromatic nitrogens is 3. The molecule has 0 radical (unpaired) electrons. The number of benzene rings is 1. The SMILES string of the molecule is CN(Cc1cccc(-c2cnc(N3CCN(Cc4ccncc4)CC3)nc2)c1)C(=O)CN. The zero-order chi connectivity index (χ0) is 22.3. The summed E-state index contributed by atoms with van der Waals surface area (Å²) in [7, 11) is 1.76. The lowest BCUT2D eigenvalue weighted by Crippen LogP contribution is -2.46. The molecule has 4 rings (SSSR count). The number of hydrogen-bond acceptors (Lipinski definition) is 7. The van der Waals surface area contributed by atoms with Crippen LogP contribution in [0.25, 0.3) is 11.1 Å². The van der Waals surface area contributed by atoms with Crippen molar-refractivity contribution in [2.45, 2.75) is 13.1 Å². The van der Waals surface area contributed by atoms with Crippen LogP contribution in [0.4, 0.5) is 5.95 Å². The molecule has 0 atom stereocenters. The molecule has 2 aromatic heterocycles. The molecule has 0 spiro atoms. The third kappa shape index (κ3) is 5.46. The molecule has 1 aliphatic rings. The van der Waals surface area contributed by atoms with Crippen LogP contribution in [-0.4, -0.2) is 70.4 Å². The molecule has 0 unspecified atom stereocenters. The average molecular weight is 432 g/mol. The fourth-order valence-corrected chi connectivity index (χ4v) is 3.85. The number of carbonyl (C=O) groups excluding carboxylic acids is 1. The topological polar surface area (TPSA) is 91.5 Å². The molecule has 3 heterocycles. The van der Waals surface area contributed by atoms with Gasteiger partial charge in [0.25, 0.3) is 0 Å². The van der Waals surface area contributed by atoms with E-state index in [4.69, 9.17) is 5.73 Å². The van der Waals surface area contributed by atoms with Crippen LogP contribution >= 0.6 is 0 Å². The number of piperazine rings is 1. The predicted octanol–water partition coefficient (Wildman–Crippen LogP) is 1.78. The number of amides is 1. The Bertz CT molecular complexity index is 1020. The first-order valence-electron chi connectivity index (χ1n) is 10.8. The van der Waals surface area contributed by atoms with Crippen molar-refractivity contribution < 1.29 is 4.79 Å². The summed E-state index contributed by atoms with van der Waals surface area (Å²) in [5.41, 5.74) is 9.77. The second kappa shape index (κ2) is 10.3. The summed E-state index contributed by atoms with van der Waals surface area (Å²) in [5.74, 6) is 0.686. The summed E-state index contributed by atoms with van der Waals surface area (Å²) in [5, 5.41) is 0.